The van der Waals surface area contributed by atoms with E-state index in [0.29, 0.717) is 29.4 Å². The molecule has 0 radical (unpaired) electrons. The second kappa shape index (κ2) is 8.21. The highest BCUT2D eigenvalue weighted by Crippen LogP contribution is 2.23. The molecule has 26 heavy (non-hydrogen) atoms. The number of methoxy groups -OCH3 is 1. The van der Waals surface area contributed by atoms with Gasteiger partial charge in [0.25, 0.3) is 11.8 Å². The molecule has 0 spiro atoms. The molecule has 7 heteroatoms. The zero-order valence-electron chi connectivity index (χ0n) is 14.3. The second-order valence-corrected chi connectivity index (χ2v) is 6.29. The van der Waals surface area contributed by atoms with Gasteiger partial charge in [-0.2, -0.15) is 0 Å². The van der Waals surface area contributed by atoms with Crippen molar-refractivity contribution in [1.82, 2.24) is 5.32 Å². The summed E-state index contributed by atoms with van der Waals surface area (Å²) < 4.78 is 10.8. The minimum absolute atomic E-state index is 0.0291. The number of nitrogens with one attached hydrogen (secondary N) is 1. The average Bonchev–Trinajstić information content (AvgIpc) is 2.67. The quantitative estimate of drug-likeness (QED) is 0.873. The molecule has 0 saturated carbocycles. The number of morpholine rings is 1. The molecule has 2 aromatic carbocycles. The van der Waals surface area contributed by atoms with Crippen LogP contribution < -0.4 is 15.0 Å². The van der Waals surface area contributed by atoms with E-state index >= 15 is 0 Å². The van der Waals surface area contributed by atoms with E-state index in [1.165, 1.54) is 0 Å². The van der Waals surface area contributed by atoms with Gasteiger partial charge in [0.05, 0.1) is 19.8 Å². The Morgan fingerprint density at radius 1 is 1.31 bits per heavy atom. The molecule has 1 unspecified atom stereocenters. The standard InChI is InChI=1S/C19H19ClN2O4/c1-25-16-4-2-3-15(9-16)22-11-17(26-12-18(22)23)10-21-19(24)13-5-7-14(20)8-6-13/h2-9,17H,10-12H2,1H3,(H,21,24). The minimum atomic E-state index is -0.296. The molecule has 6 nitrogen and oxygen atoms in total. The third-order valence-electron chi connectivity index (χ3n) is 4.09. The molecule has 3 rings (SSSR count). The molecule has 0 aliphatic carbocycles. The van der Waals surface area contributed by atoms with Gasteiger partial charge >= 0.3 is 0 Å². The normalized spacial score (nSPS) is 17.1. The third kappa shape index (κ3) is 4.33. The van der Waals surface area contributed by atoms with E-state index < -0.39 is 0 Å². The predicted octanol–water partition coefficient (Wildman–Crippen LogP) is 2.51. The van der Waals surface area contributed by atoms with Crippen LogP contribution in [0.2, 0.25) is 5.02 Å². The van der Waals surface area contributed by atoms with E-state index in [1.54, 1.807) is 42.3 Å². The van der Waals surface area contributed by atoms with Gasteiger partial charge in [-0.3, -0.25) is 9.59 Å². The van der Waals surface area contributed by atoms with Gasteiger partial charge in [-0.1, -0.05) is 17.7 Å². The first-order chi connectivity index (χ1) is 12.6. The summed E-state index contributed by atoms with van der Waals surface area (Å²) >= 11 is 5.83. The smallest absolute Gasteiger partial charge is 0.253 e. The van der Waals surface area contributed by atoms with Crippen molar-refractivity contribution in [2.24, 2.45) is 0 Å². The number of ether oxygens (including phenoxy) is 2. The first-order valence-electron chi connectivity index (χ1n) is 8.16. The number of nitrogens with zero attached hydrogens (tertiary/aromatic N) is 1. The fraction of sp³-hybridized carbons (Fsp3) is 0.263. The van der Waals surface area contributed by atoms with Crippen molar-refractivity contribution in [1.29, 1.82) is 0 Å². The van der Waals surface area contributed by atoms with Crippen LogP contribution in [0, 0.1) is 0 Å². The summed E-state index contributed by atoms with van der Waals surface area (Å²) in [6, 6.07) is 13.9. The Morgan fingerprint density at radius 3 is 2.81 bits per heavy atom. The van der Waals surface area contributed by atoms with Gasteiger partial charge in [0.1, 0.15) is 12.4 Å². The van der Waals surface area contributed by atoms with Crippen LogP contribution in [-0.4, -0.2) is 44.7 Å². The molecule has 1 N–H and O–H groups in total. The number of hydrogen-bond donors (Lipinski definition) is 1. The minimum Gasteiger partial charge on any atom is -0.497 e. The molecule has 136 valence electrons. The molecule has 1 atom stereocenters. The summed E-state index contributed by atoms with van der Waals surface area (Å²) in [5.74, 6) is 0.336. The lowest BCUT2D eigenvalue weighted by atomic mass is 10.2. The summed E-state index contributed by atoms with van der Waals surface area (Å²) in [5, 5.41) is 3.40. The number of rotatable bonds is 5. The number of amides is 2. The maximum atomic E-state index is 12.2. The number of anilines is 1. The van der Waals surface area contributed by atoms with Crippen LogP contribution in [-0.2, 0) is 9.53 Å². The van der Waals surface area contributed by atoms with Crippen LogP contribution in [0.5, 0.6) is 5.75 Å². The molecule has 1 aliphatic rings. The summed E-state index contributed by atoms with van der Waals surface area (Å²) in [4.78, 5) is 26.0. The summed E-state index contributed by atoms with van der Waals surface area (Å²) in [5.41, 5.74) is 1.26. The zero-order valence-corrected chi connectivity index (χ0v) is 15.0. The van der Waals surface area contributed by atoms with Crippen LogP contribution in [0.1, 0.15) is 10.4 Å². The van der Waals surface area contributed by atoms with Crippen LogP contribution in [0.4, 0.5) is 5.69 Å². The molecule has 2 aromatic rings. The number of hydrogen-bond acceptors (Lipinski definition) is 4. The Morgan fingerprint density at radius 2 is 2.08 bits per heavy atom. The Hall–Kier alpha value is -2.57. The number of halogens is 1. The van der Waals surface area contributed by atoms with Crippen molar-refractivity contribution in [3.8, 4) is 5.75 Å². The number of benzene rings is 2. The SMILES string of the molecule is COc1cccc(N2CC(CNC(=O)c3ccc(Cl)cc3)OCC2=O)c1. The Kier molecular flexibility index (Phi) is 5.75. The lowest BCUT2D eigenvalue weighted by molar-refractivity contribution is -0.129. The van der Waals surface area contributed by atoms with Crippen LogP contribution in [0.3, 0.4) is 0 Å². The van der Waals surface area contributed by atoms with Crippen molar-refractivity contribution >= 4 is 29.1 Å². The highest BCUT2D eigenvalue weighted by atomic mass is 35.5. The maximum absolute atomic E-state index is 12.2. The van der Waals surface area contributed by atoms with E-state index in [2.05, 4.69) is 5.32 Å². The van der Waals surface area contributed by atoms with E-state index in [0.717, 1.165) is 5.69 Å². The maximum Gasteiger partial charge on any atom is 0.253 e. The van der Waals surface area contributed by atoms with Crippen molar-refractivity contribution in [3.05, 3.63) is 59.1 Å². The molecular formula is C19H19ClN2O4. The molecule has 1 aliphatic heterocycles. The van der Waals surface area contributed by atoms with Crippen LogP contribution >= 0.6 is 11.6 Å². The summed E-state index contributed by atoms with van der Waals surface area (Å²) in [6.45, 7) is 0.626. The van der Waals surface area contributed by atoms with Gasteiger partial charge in [-0.25, -0.2) is 0 Å². The number of carbonyl (C=O) groups is 2. The molecule has 1 heterocycles. The first kappa shape index (κ1) is 18.2. The second-order valence-electron chi connectivity index (χ2n) is 5.86. The molecule has 1 saturated heterocycles. The van der Waals surface area contributed by atoms with Crippen molar-refractivity contribution in [3.63, 3.8) is 0 Å². The van der Waals surface area contributed by atoms with Gasteiger partial charge in [0.15, 0.2) is 0 Å². The van der Waals surface area contributed by atoms with Gasteiger partial charge in [-0.15, -0.1) is 0 Å². The van der Waals surface area contributed by atoms with Gasteiger partial charge in [0, 0.05) is 28.9 Å². The van der Waals surface area contributed by atoms with Crippen LogP contribution in [0.25, 0.3) is 0 Å². The molecule has 0 aromatic heterocycles. The predicted molar refractivity (Wildman–Crippen MR) is 98.9 cm³/mol. The molecule has 0 bridgehead atoms. The van der Waals surface area contributed by atoms with E-state index in [9.17, 15) is 9.59 Å². The molecule has 2 amide bonds. The van der Waals surface area contributed by atoms with Crippen molar-refractivity contribution in [2.45, 2.75) is 6.10 Å². The van der Waals surface area contributed by atoms with E-state index in [-0.39, 0.29) is 24.5 Å². The topological polar surface area (TPSA) is 67.9 Å². The van der Waals surface area contributed by atoms with Crippen molar-refractivity contribution in [2.75, 3.05) is 31.7 Å². The monoisotopic (exact) mass is 374 g/mol. The van der Waals surface area contributed by atoms with Gasteiger partial charge in [-0.05, 0) is 36.4 Å². The lowest BCUT2D eigenvalue weighted by Crippen LogP contribution is -2.50. The first-order valence-corrected chi connectivity index (χ1v) is 8.54. The molecular weight excluding hydrogens is 356 g/mol. The Balaban J connectivity index is 1.61. The van der Waals surface area contributed by atoms with Crippen molar-refractivity contribution < 1.29 is 19.1 Å². The van der Waals surface area contributed by atoms with E-state index in [4.69, 9.17) is 21.1 Å². The number of carbonyl (C=O) groups excluding carboxylic acids is 2. The third-order valence-corrected chi connectivity index (χ3v) is 4.34. The highest BCUT2D eigenvalue weighted by molar-refractivity contribution is 6.30. The van der Waals surface area contributed by atoms with Gasteiger partial charge in [0.2, 0.25) is 0 Å². The summed E-state index contributed by atoms with van der Waals surface area (Å²) in [6.07, 6.45) is -0.296. The van der Waals surface area contributed by atoms with E-state index in [1.807, 2.05) is 18.2 Å². The Bertz CT molecular complexity index is 794. The Labute approximate surface area is 156 Å². The fourth-order valence-corrected chi connectivity index (χ4v) is 2.81. The van der Waals surface area contributed by atoms with Crippen LogP contribution in [0.15, 0.2) is 48.5 Å². The fourth-order valence-electron chi connectivity index (χ4n) is 2.69. The zero-order chi connectivity index (χ0) is 18.5. The lowest BCUT2D eigenvalue weighted by Gasteiger charge is -2.33. The largest absolute Gasteiger partial charge is 0.497 e. The summed E-state index contributed by atoms with van der Waals surface area (Å²) in [7, 11) is 1.58. The highest BCUT2D eigenvalue weighted by Gasteiger charge is 2.28. The average molecular weight is 375 g/mol. The van der Waals surface area contributed by atoms with Gasteiger partial charge < -0.3 is 19.7 Å². The molecule has 1 fully saturated rings.